The van der Waals surface area contributed by atoms with Crippen molar-refractivity contribution >= 4 is 44.4 Å². The molecule has 1 saturated carbocycles. The Morgan fingerprint density at radius 1 is 1.14 bits per heavy atom. The van der Waals surface area contributed by atoms with Crippen molar-refractivity contribution in [3.8, 4) is 17.0 Å². The van der Waals surface area contributed by atoms with Crippen LogP contribution in [0.5, 0.6) is 5.75 Å². The molecule has 0 radical (unpaired) electrons. The Bertz CT molecular complexity index is 1570. The van der Waals surface area contributed by atoms with Crippen molar-refractivity contribution in [2.75, 3.05) is 30.3 Å². The molecule has 0 aliphatic heterocycles. The number of rotatable bonds is 9. The minimum Gasteiger partial charge on any atom is -0.494 e. The Kier molecular flexibility index (Phi) is 6.42. The number of carbonyl (C=O) groups excluding carboxylic acids is 2. The van der Waals surface area contributed by atoms with Gasteiger partial charge >= 0.3 is 0 Å². The van der Waals surface area contributed by atoms with Crippen LogP contribution in [0.2, 0.25) is 0 Å². The molecular weight excluding hydrogens is 492 g/mol. The Labute approximate surface area is 220 Å². The molecule has 37 heavy (non-hydrogen) atoms. The number of methoxy groups -OCH3 is 1. The summed E-state index contributed by atoms with van der Waals surface area (Å²) < 4.78 is 44.4. The predicted octanol–water partition coefficient (Wildman–Crippen LogP) is 4.90. The molecular formula is C26H30N6O4S. The fourth-order valence-electron chi connectivity index (χ4n) is 3.67. The summed E-state index contributed by atoms with van der Waals surface area (Å²) in [5.74, 6) is -0.00408. The minimum atomic E-state index is -2.47. The van der Waals surface area contributed by atoms with Crippen molar-refractivity contribution in [2.45, 2.75) is 33.0 Å². The quantitative estimate of drug-likeness (QED) is 0.377. The molecule has 0 spiro atoms. The van der Waals surface area contributed by atoms with Crippen LogP contribution in [0.4, 0.5) is 23.0 Å². The first kappa shape index (κ1) is 22.3. The van der Waals surface area contributed by atoms with Crippen molar-refractivity contribution in [2.24, 2.45) is 10.3 Å². The second-order valence-corrected chi connectivity index (χ2v) is 11.6. The number of nitrogens with one attached hydrogen (secondary N) is 2. The number of aryl methyl sites for hydroxylation is 1. The summed E-state index contributed by atoms with van der Waals surface area (Å²) in [5.41, 5.74) is 2.65. The normalized spacial score (nSPS) is 14.6. The van der Waals surface area contributed by atoms with E-state index in [1.807, 2.05) is 13.0 Å². The monoisotopic (exact) mass is 525 g/mol. The van der Waals surface area contributed by atoms with Gasteiger partial charge in [-0.15, -0.1) is 0 Å². The molecule has 10 nitrogen and oxygen atoms in total. The molecule has 3 aromatic rings. The van der Waals surface area contributed by atoms with E-state index in [-0.39, 0.29) is 34.7 Å². The molecule has 2 N–H and O–H groups in total. The summed E-state index contributed by atoms with van der Waals surface area (Å²) in [6.07, 6.45) is 8.12. The number of benzene rings is 1. The van der Waals surface area contributed by atoms with Crippen LogP contribution < -0.4 is 15.4 Å². The fraction of sp³-hybridized carbons (Fsp3) is 0.346. The highest BCUT2D eigenvalue weighted by Crippen LogP contribution is 2.39. The third kappa shape index (κ3) is 6.48. The first-order chi connectivity index (χ1) is 18.7. The lowest BCUT2D eigenvalue weighted by molar-refractivity contribution is -0.117. The molecule has 1 fully saturated rings. The van der Waals surface area contributed by atoms with E-state index in [1.165, 1.54) is 44.3 Å². The topological polar surface area (TPSA) is 136 Å². The van der Waals surface area contributed by atoms with Gasteiger partial charge in [-0.1, -0.05) is 6.85 Å². The number of ketones is 1. The van der Waals surface area contributed by atoms with E-state index in [2.05, 4.69) is 29.9 Å². The summed E-state index contributed by atoms with van der Waals surface area (Å²) >= 11 is 0. The molecule has 2 heterocycles. The van der Waals surface area contributed by atoms with E-state index in [9.17, 15) is 13.8 Å². The van der Waals surface area contributed by atoms with Gasteiger partial charge in [0.05, 0.1) is 42.1 Å². The van der Waals surface area contributed by atoms with E-state index >= 15 is 0 Å². The van der Waals surface area contributed by atoms with Crippen LogP contribution in [0, 0.1) is 12.8 Å². The maximum absolute atomic E-state index is 13.0. The lowest BCUT2D eigenvalue weighted by atomic mass is 10.0. The average Bonchev–Trinajstić information content (AvgIpc) is 3.68. The van der Waals surface area contributed by atoms with Crippen LogP contribution in [-0.2, 0) is 14.5 Å². The van der Waals surface area contributed by atoms with Gasteiger partial charge in [-0.05, 0) is 37.5 Å². The van der Waals surface area contributed by atoms with Crippen molar-refractivity contribution in [1.29, 1.82) is 0 Å². The Morgan fingerprint density at radius 3 is 2.54 bits per heavy atom. The number of Topliss-reactive ketones (excluding diaryl/α,β-unsaturated/α-hetero) is 1. The largest absolute Gasteiger partial charge is 0.494 e. The van der Waals surface area contributed by atoms with Gasteiger partial charge in [0, 0.05) is 56.5 Å². The lowest BCUT2D eigenvalue weighted by Crippen LogP contribution is -2.15. The molecule has 1 aromatic carbocycles. The first-order valence-electron chi connectivity index (χ1n) is 13.0. The maximum Gasteiger partial charge on any atom is 0.228 e. The fourth-order valence-corrected chi connectivity index (χ4v) is 4.22. The molecule has 4 rings (SSSR count). The highest BCUT2D eigenvalue weighted by molar-refractivity contribution is 7.92. The first-order valence-corrected chi connectivity index (χ1v) is 13.8. The van der Waals surface area contributed by atoms with Crippen LogP contribution in [0.1, 0.15) is 46.1 Å². The zero-order chi connectivity index (χ0) is 29.2. The second-order valence-electron chi connectivity index (χ2n) is 9.03. The van der Waals surface area contributed by atoms with Gasteiger partial charge in [-0.25, -0.2) is 14.2 Å². The summed E-state index contributed by atoms with van der Waals surface area (Å²) in [6.45, 7) is -0.607. The van der Waals surface area contributed by atoms with Gasteiger partial charge in [-0.3, -0.25) is 14.6 Å². The molecule has 0 atom stereocenters. The highest BCUT2D eigenvalue weighted by atomic mass is 32.2. The second kappa shape index (κ2) is 10.6. The zero-order valence-electron chi connectivity index (χ0n) is 24.0. The van der Waals surface area contributed by atoms with Gasteiger partial charge in [0.1, 0.15) is 5.82 Å². The number of carbonyl (C=O) groups is 2. The smallest absolute Gasteiger partial charge is 0.228 e. The summed E-state index contributed by atoms with van der Waals surface area (Å²) in [4.78, 5) is 38.2. The minimum absolute atomic E-state index is 0.0548. The zero-order valence-corrected chi connectivity index (χ0v) is 21.8. The third-order valence-corrected chi connectivity index (χ3v) is 6.13. The number of anilines is 3. The molecule has 1 aliphatic rings. The molecule has 1 amide bonds. The number of ether oxygens (including phenoxy) is 1. The number of aromatic nitrogens is 3. The van der Waals surface area contributed by atoms with Crippen LogP contribution >= 0.6 is 0 Å². The number of hydrogen-bond donors (Lipinski definition) is 2. The van der Waals surface area contributed by atoms with Crippen molar-refractivity contribution in [1.82, 2.24) is 15.0 Å². The SMILES string of the molecule is [2H]C([2H])([2H])CC(=O)c1cnc(NC(=O)C2CC2)cc1Nc1cc(C)cc(-c2cnc(N=S(C)(C)=O)cn2)c1OC. The summed E-state index contributed by atoms with van der Waals surface area (Å²) in [7, 11) is -0.927. The Hall–Kier alpha value is -3.86. The van der Waals surface area contributed by atoms with E-state index in [0.29, 0.717) is 22.7 Å². The Morgan fingerprint density at radius 2 is 1.92 bits per heavy atom. The van der Waals surface area contributed by atoms with Gasteiger partial charge in [0.15, 0.2) is 17.4 Å². The van der Waals surface area contributed by atoms with Gasteiger partial charge in [-0.2, -0.15) is 4.36 Å². The number of nitrogens with zero attached hydrogens (tertiary/aromatic N) is 4. The molecule has 194 valence electrons. The number of amides is 1. The van der Waals surface area contributed by atoms with E-state index < -0.39 is 28.8 Å². The molecule has 11 heteroatoms. The Balaban J connectivity index is 1.76. The molecule has 2 aromatic heterocycles. The summed E-state index contributed by atoms with van der Waals surface area (Å²) in [5, 5.41) is 5.94. The van der Waals surface area contributed by atoms with Crippen LogP contribution in [0.25, 0.3) is 11.3 Å². The standard InChI is InChI=1S/C26H30N6O4S/c1-6-22(33)18-12-28-23(31-26(34)16-7-8-16)11-19(18)30-20-10-15(2)9-17(25(20)36-3)21-13-29-24(14-27-21)32-37(4,5)35/h9-14,16H,6-8H2,1-5H3,(H2,28,30,31,34)/i1D3. The van der Waals surface area contributed by atoms with Gasteiger partial charge in [0.2, 0.25) is 5.91 Å². The number of pyridine rings is 1. The van der Waals surface area contributed by atoms with Crippen LogP contribution in [-0.4, -0.2) is 50.5 Å². The van der Waals surface area contributed by atoms with Crippen molar-refractivity contribution in [3.63, 3.8) is 0 Å². The van der Waals surface area contributed by atoms with Crippen molar-refractivity contribution < 1.29 is 22.6 Å². The average molecular weight is 526 g/mol. The van der Waals surface area contributed by atoms with E-state index in [1.54, 1.807) is 6.07 Å². The molecule has 0 saturated heterocycles. The summed E-state index contributed by atoms with van der Waals surface area (Å²) in [6, 6.07) is 5.14. The molecule has 0 unspecified atom stereocenters. The van der Waals surface area contributed by atoms with Gasteiger partial charge < -0.3 is 15.4 Å². The lowest BCUT2D eigenvalue weighted by Gasteiger charge is -2.18. The van der Waals surface area contributed by atoms with E-state index in [4.69, 9.17) is 8.85 Å². The van der Waals surface area contributed by atoms with Gasteiger partial charge in [0.25, 0.3) is 0 Å². The maximum atomic E-state index is 13.0. The molecule has 0 bridgehead atoms. The van der Waals surface area contributed by atoms with Crippen LogP contribution in [0.15, 0.2) is 41.2 Å². The number of hydrogen-bond acceptors (Lipinski definition) is 9. The highest BCUT2D eigenvalue weighted by Gasteiger charge is 2.30. The van der Waals surface area contributed by atoms with Crippen LogP contribution in [0.3, 0.4) is 0 Å². The van der Waals surface area contributed by atoms with E-state index in [0.717, 1.165) is 18.4 Å². The van der Waals surface area contributed by atoms with Crippen molar-refractivity contribution in [3.05, 3.63) is 47.9 Å². The third-order valence-electron chi connectivity index (χ3n) is 5.50. The predicted molar refractivity (Wildman–Crippen MR) is 144 cm³/mol. The molecule has 1 aliphatic carbocycles.